The van der Waals surface area contributed by atoms with Gasteiger partial charge in [0.05, 0.1) is 0 Å². The maximum Gasteiger partial charge on any atom is 0.225 e. The van der Waals surface area contributed by atoms with Gasteiger partial charge in [0.15, 0.2) is 0 Å². The van der Waals surface area contributed by atoms with Crippen LogP contribution in [0.5, 0.6) is 0 Å². The van der Waals surface area contributed by atoms with Crippen molar-refractivity contribution in [1.29, 1.82) is 0 Å². The van der Waals surface area contributed by atoms with Crippen LogP contribution in [0, 0.1) is 5.41 Å². The number of hydrogen-bond donors (Lipinski definition) is 2. The molecular formula is C17H27N3O2. The van der Waals surface area contributed by atoms with Crippen LogP contribution in [0.3, 0.4) is 0 Å². The van der Waals surface area contributed by atoms with Gasteiger partial charge < -0.3 is 15.5 Å². The van der Waals surface area contributed by atoms with Crippen molar-refractivity contribution in [3.05, 3.63) is 30.3 Å². The quantitative estimate of drug-likeness (QED) is 0.807. The molecule has 1 aromatic carbocycles. The van der Waals surface area contributed by atoms with Crippen LogP contribution in [-0.4, -0.2) is 38.5 Å². The van der Waals surface area contributed by atoms with Gasteiger partial charge in [-0.15, -0.1) is 0 Å². The van der Waals surface area contributed by atoms with Gasteiger partial charge in [-0.05, 0) is 12.1 Å². The van der Waals surface area contributed by atoms with Crippen LogP contribution in [-0.2, 0) is 9.59 Å². The van der Waals surface area contributed by atoms with E-state index in [0.717, 1.165) is 12.2 Å². The molecular weight excluding hydrogens is 278 g/mol. The summed E-state index contributed by atoms with van der Waals surface area (Å²) in [5.41, 5.74) is 0.698. The predicted octanol–water partition coefficient (Wildman–Crippen LogP) is 1.79. The molecule has 0 atom stereocenters. The first-order valence-corrected chi connectivity index (χ1v) is 7.62. The SMILES string of the molecule is CN(CCNC(=O)CCNC(=O)C(C)(C)C)c1ccccc1. The number of hydrogen-bond acceptors (Lipinski definition) is 3. The van der Waals surface area contributed by atoms with E-state index in [1.807, 2.05) is 58.2 Å². The molecule has 0 heterocycles. The molecule has 0 aliphatic heterocycles. The Labute approximate surface area is 133 Å². The molecule has 0 aliphatic rings. The molecule has 5 nitrogen and oxygen atoms in total. The van der Waals surface area contributed by atoms with Crippen LogP contribution in [0.15, 0.2) is 30.3 Å². The Balaban J connectivity index is 2.17. The summed E-state index contributed by atoms with van der Waals surface area (Å²) in [6.07, 6.45) is 0.302. The van der Waals surface area contributed by atoms with E-state index in [2.05, 4.69) is 15.5 Å². The van der Waals surface area contributed by atoms with Crippen molar-refractivity contribution < 1.29 is 9.59 Å². The second-order valence-electron chi connectivity index (χ2n) is 6.36. The summed E-state index contributed by atoms with van der Waals surface area (Å²) < 4.78 is 0. The third kappa shape index (κ3) is 6.61. The second-order valence-corrected chi connectivity index (χ2v) is 6.36. The highest BCUT2D eigenvalue weighted by atomic mass is 16.2. The fourth-order valence-electron chi connectivity index (χ4n) is 1.82. The van der Waals surface area contributed by atoms with Crippen molar-refractivity contribution in [3.8, 4) is 0 Å². The summed E-state index contributed by atoms with van der Waals surface area (Å²) >= 11 is 0. The monoisotopic (exact) mass is 305 g/mol. The molecule has 2 N–H and O–H groups in total. The molecule has 122 valence electrons. The number of likely N-dealkylation sites (N-methyl/N-ethyl adjacent to an activating group) is 1. The summed E-state index contributed by atoms with van der Waals surface area (Å²) in [4.78, 5) is 25.5. The van der Waals surface area contributed by atoms with Gasteiger partial charge in [-0.1, -0.05) is 39.0 Å². The van der Waals surface area contributed by atoms with Crippen molar-refractivity contribution in [2.24, 2.45) is 5.41 Å². The number of amides is 2. The average molecular weight is 305 g/mol. The van der Waals surface area contributed by atoms with E-state index in [1.54, 1.807) is 0 Å². The van der Waals surface area contributed by atoms with Crippen LogP contribution in [0.2, 0.25) is 0 Å². The van der Waals surface area contributed by atoms with Gasteiger partial charge in [0.25, 0.3) is 0 Å². The molecule has 0 saturated heterocycles. The lowest BCUT2D eigenvalue weighted by Gasteiger charge is -2.19. The largest absolute Gasteiger partial charge is 0.373 e. The molecule has 1 rings (SSSR count). The number of carbonyl (C=O) groups excluding carboxylic acids is 2. The minimum Gasteiger partial charge on any atom is -0.373 e. The van der Waals surface area contributed by atoms with Gasteiger partial charge in [-0.3, -0.25) is 9.59 Å². The number of benzene rings is 1. The molecule has 2 amide bonds. The summed E-state index contributed by atoms with van der Waals surface area (Å²) in [7, 11) is 1.99. The Morgan fingerprint density at radius 1 is 1.05 bits per heavy atom. The molecule has 0 bridgehead atoms. The van der Waals surface area contributed by atoms with E-state index in [-0.39, 0.29) is 11.8 Å². The topological polar surface area (TPSA) is 61.4 Å². The summed E-state index contributed by atoms with van der Waals surface area (Å²) in [6.45, 7) is 7.24. The Morgan fingerprint density at radius 2 is 1.68 bits per heavy atom. The predicted molar refractivity (Wildman–Crippen MR) is 89.8 cm³/mol. The van der Waals surface area contributed by atoms with Crippen molar-refractivity contribution >= 4 is 17.5 Å². The third-order valence-electron chi connectivity index (χ3n) is 3.29. The molecule has 0 unspecified atom stereocenters. The van der Waals surface area contributed by atoms with E-state index in [4.69, 9.17) is 0 Å². The average Bonchev–Trinajstić information content (AvgIpc) is 2.47. The number of rotatable bonds is 7. The zero-order valence-corrected chi connectivity index (χ0v) is 14.0. The van der Waals surface area contributed by atoms with Crippen molar-refractivity contribution in [3.63, 3.8) is 0 Å². The minimum absolute atomic E-state index is 0.0379. The summed E-state index contributed by atoms with van der Waals surface area (Å²) in [5, 5.41) is 5.63. The molecule has 0 saturated carbocycles. The lowest BCUT2D eigenvalue weighted by Crippen LogP contribution is -2.38. The minimum atomic E-state index is -0.422. The van der Waals surface area contributed by atoms with Crippen LogP contribution < -0.4 is 15.5 Å². The number of nitrogens with zero attached hydrogens (tertiary/aromatic N) is 1. The Morgan fingerprint density at radius 3 is 2.27 bits per heavy atom. The van der Waals surface area contributed by atoms with Gasteiger partial charge >= 0.3 is 0 Å². The number of para-hydroxylation sites is 1. The summed E-state index contributed by atoms with van der Waals surface area (Å²) in [6, 6.07) is 10.0. The van der Waals surface area contributed by atoms with E-state index in [9.17, 15) is 9.59 Å². The van der Waals surface area contributed by atoms with Gasteiger partial charge in [0.2, 0.25) is 11.8 Å². The fourth-order valence-corrected chi connectivity index (χ4v) is 1.82. The highest BCUT2D eigenvalue weighted by Crippen LogP contribution is 2.12. The molecule has 0 aromatic heterocycles. The first-order valence-electron chi connectivity index (χ1n) is 7.62. The Hall–Kier alpha value is -2.04. The van der Waals surface area contributed by atoms with E-state index in [0.29, 0.717) is 19.5 Å². The van der Waals surface area contributed by atoms with Crippen LogP contribution in [0.25, 0.3) is 0 Å². The zero-order valence-electron chi connectivity index (χ0n) is 14.0. The van der Waals surface area contributed by atoms with Gasteiger partial charge in [-0.2, -0.15) is 0 Å². The zero-order chi connectivity index (χ0) is 16.6. The first-order chi connectivity index (χ1) is 10.3. The molecule has 0 spiro atoms. The highest BCUT2D eigenvalue weighted by molar-refractivity contribution is 5.82. The standard InChI is InChI=1S/C17H27N3O2/c1-17(2,3)16(22)19-11-10-15(21)18-12-13-20(4)14-8-6-5-7-9-14/h5-9H,10-13H2,1-4H3,(H,18,21)(H,19,22). The number of nitrogens with one attached hydrogen (secondary N) is 2. The molecule has 0 aliphatic carbocycles. The van der Waals surface area contributed by atoms with Crippen molar-refractivity contribution in [1.82, 2.24) is 10.6 Å². The molecule has 0 radical (unpaired) electrons. The fraction of sp³-hybridized carbons (Fsp3) is 0.529. The Bertz CT molecular complexity index is 480. The van der Waals surface area contributed by atoms with Crippen molar-refractivity contribution in [2.75, 3.05) is 31.6 Å². The Kier molecular flexibility index (Phi) is 6.89. The number of carbonyl (C=O) groups is 2. The molecule has 5 heteroatoms. The summed E-state index contributed by atoms with van der Waals surface area (Å²) in [5.74, 6) is -0.0835. The lowest BCUT2D eigenvalue weighted by atomic mass is 9.96. The molecule has 0 fully saturated rings. The second kappa shape index (κ2) is 8.41. The first kappa shape index (κ1) is 18.0. The highest BCUT2D eigenvalue weighted by Gasteiger charge is 2.20. The third-order valence-corrected chi connectivity index (χ3v) is 3.29. The molecule has 1 aromatic rings. The van der Waals surface area contributed by atoms with Gasteiger partial charge in [-0.25, -0.2) is 0 Å². The van der Waals surface area contributed by atoms with E-state index < -0.39 is 5.41 Å². The normalized spacial score (nSPS) is 10.9. The van der Waals surface area contributed by atoms with E-state index >= 15 is 0 Å². The smallest absolute Gasteiger partial charge is 0.225 e. The van der Waals surface area contributed by atoms with E-state index in [1.165, 1.54) is 0 Å². The maximum atomic E-state index is 11.7. The number of anilines is 1. The maximum absolute atomic E-state index is 11.7. The van der Waals surface area contributed by atoms with Crippen LogP contribution in [0.1, 0.15) is 27.2 Å². The van der Waals surface area contributed by atoms with Crippen LogP contribution >= 0.6 is 0 Å². The lowest BCUT2D eigenvalue weighted by molar-refractivity contribution is -0.128. The van der Waals surface area contributed by atoms with Gasteiger partial charge in [0.1, 0.15) is 0 Å². The van der Waals surface area contributed by atoms with Crippen molar-refractivity contribution in [2.45, 2.75) is 27.2 Å². The molecule has 22 heavy (non-hydrogen) atoms. The van der Waals surface area contributed by atoms with Crippen LogP contribution in [0.4, 0.5) is 5.69 Å². The van der Waals surface area contributed by atoms with Gasteiger partial charge in [0, 0.05) is 44.2 Å².